The van der Waals surface area contributed by atoms with Crippen molar-refractivity contribution in [2.75, 3.05) is 27.3 Å². The number of rotatable bonds is 8. The maximum Gasteiger partial charge on any atom is 0.0661 e. The first kappa shape index (κ1) is 15.9. The molecule has 0 rings (SSSR count). The van der Waals surface area contributed by atoms with Crippen LogP contribution in [-0.4, -0.2) is 43.8 Å². The van der Waals surface area contributed by atoms with E-state index in [4.69, 9.17) is 10.5 Å². The third-order valence-electron chi connectivity index (χ3n) is 3.89. The second kappa shape index (κ2) is 7.25. The van der Waals surface area contributed by atoms with Gasteiger partial charge in [-0.2, -0.15) is 0 Å². The number of hydrogen-bond acceptors (Lipinski definition) is 3. The summed E-state index contributed by atoms with van der Waals surface area (Å²) in [5.41, 5.74) is 5.97. The molecule has 0 bridgehead atoms. The molecule has 3 nitrogen and oxygen atoms in total. The molecule has 0 aliphatic heterocycles. The summed E-state index contributed by atoms with van der Waals surface area (Å²) in [7, 11) is 3.93. The summed E-state index contributed by atoms with van der Waals surface area (Å²) >= 11 is 0. The van der Waals surface area contributed by atoms with Gasteiger partial charge in [0.1, 0.15) is 0 Å². The molecule has 0 aliphatic carbocycles. The van der Waals surface area contributed by atoms with Crippen LogP contribution in [0, 0.1) is 5.92 Å². The zero-order chi connectivity index (χ0) is 12.8. The van der Waals surface area contributed by atoms with Crippen LogP contribution in [0.15, 0.2) is 0 Å². The Labute approximate surface area is 101 Å². The van der Waals surface area contributed by atoms with Gasteiger partial charge in [-0.25, -0.2) is 0 Å². The summed E-state index contributed by atoms with van der Waals surface area (Å²) in [6.45, 7) is 10.3. The van der Waals surface area contributed by atoms with Crippen molar-refractivity contribution in [3.8, 4) is 0 Å². The topological polar surface area (TPSA) is 38.5 Å². The van der Waals surface area contributed by atoms with E-state index in [0.717, 1.165) is 0 Å². The van der Waals surface area contributed by atoms with E-state index in [1.54, 1.807) is 7.11 Å². The number of methoxy groups -OCH3 is 1. The lowest BCUT2D eigenvalue weighted by Crippen LogP contribution is -2.61. The van der Waals surface area contributed by atoms with E-state index in [9.17, 15) is 0 Å². The molecule has 2 unspecified atom stereocenters. The second-order valence-corrected chi connectivity index (χ2v) is 5.14. The summed E-state index contributed by atoms with van der Waals surface area (Å²) in [6.07, 6.45) is 2.41. The molecule has 0 saturated heterocycles. The second-order valence-electron chi connectivity index (χ2n) is 5.14. The van der Waals surface area contributed by atoms with Gasteiger partial charge in [-0.15, -0.1) is 0 Å². The molecule has 0 aliphatic rings. The summed E-state index contributed by atoms with van der Waals surface area (Å²) in [6, 6.07) is 0.547. The summed E-state index contributed by atoms with van der Waals surface area (Å²) in [5, 5.41) is 0. The minimum absolute atomic E-state index is 0.0384. The van der Waals surface area contributed by atoms with Gasteiger partial charge in [-0.05, 0) is 26.3 Å². The standard InChI is InChI=1S/C13H30N2O/c1-7-8-12(4)15(5)13(9-14,10-16-6)11(2)3/h11-12H,7-10,14H2,1-6H3. The molecule has 0 spiro atoms. The molecule has 0 aromatic carbocycles. The van der Waals surface area contributed by atoms with E-state index in [-0.39, 0.29) is 5.54 Å². The highest BCUT2D eigenvalue weighted by Gasteiger charge is 2.38. The number of nitrogens with two attached hydrogens (primary N) is 1. The molecule has 0 radical (unpaired) electrons. The molecular weight excluding hydrogens is 200 g/mol. The molecule has 16 heavy (non-hydrogen) atoms. The van der Waals surface area contributed by atoms with Crippen molar-refractivity contribution in [2.45, 2.75) is 52.1 Å². The predicted molar refractivity (Wildman–Crippen MR) is 70.6 cm³/mol. The number of nitrogens with zero attached hydrogens (tertiary/aromatic N) is 1. The Balaban J connectivity index is 4.85. The molecule has 2 atom stereocenters. The van der Waals surface area contributed by atoms with Crippen molar-refractivity contribution in [1.82, 2.24) is 4.90 Å². The normalized spacial score (nSPS) is 17.8. The van der Waals surface area contributed by atoms with Crippen LogP contribution in [0.1, 0.15) is 40.5 Å². The van der Waals surface area contributed by atoms with Gasteiger partial charge in [-0.3, -0.25) is 4.90 Å². The van der Waals surface area contributed by atoms with E-state index in [1.165, 1.54) is 12.8 Å². The van der Waals surface area contributed by atoms with E-state index in [1.807, 2.05) is 0 Å². The van der Waals surface area contributed by atoms with E-state index >= 15 is 0 Å². The average Bonchev–Trinajstić information content (AvgIpc) is 2.24. The Morgan fingerprint density at radius 1 is 1.31 bits per heavy atom. The zero-order valence-corrected chi connectivity index (χ0v) is 11.9. The molecule has 0 fully saturated rings. The van der Waals surface area contributed by atoms with Crippen molar-refractivity contribution in [2.24, 2.45) is 11.7 Å². The maximum absolute atomic E-state index is 6.01. The molecular formula is C13H30N2O. The zero-order valence-electron chi connectivity index (χ0n) is 11.9. The maximum atomic E-state index is 6.01. The Kier molecular flexibility index (Phi) is 7.20. The van der Waals surface area contributed by atoms with E-state index < -0.39 is 0 Å². The fourth-order valence-corrected chi connectivity index (χ4v) is 2.41. The minimum Gasteiger partial charge on any atom is -0.383 e. The number of likely N-dealkylation sites (N-methyl/N-ethyl adjacent to an activating group) is 1. The Morgan fingerprint density at radius 2 is 1.88 bits per heavy atom. The quantitative estimate of drug-likeness (QED) is 0.694. The smallest absolute Gasteiger partial charge is 0.0661 e. The summed E-state index contributed by atoms with van der Waals surface area (Å²) in [5.74, 6) is 0.488. The minimum atomic E-state index is -0.0384. The fourth-order valence-electron chi connectivity index (χ4n) is 2.41. The highest BCUT2D eigenvalue weighted by atomic mass is 16.5. The predicted octanol–water partition coefficient (Wildman–Crippen LogP) is 2.11. The SMILES string of the molecule is CCCC(C)N(C)C(CN)(COC)C(C)C. The van der Waals surface area contributed by atoms with Crippen LogP contribution >= 0.6 is 0 Å². The van der Waals surface area contributed by atoms with Crippen molar-refractivity contribution in [3.63, 3.8) is 0 Å². The van der Waals surface area contributed by atoms with Crippen molar-refractivity contribution in [1.29, 1.82) is 0 Å². The first-order valence-electron chi connectivity index (χ1n) is 6.38. The largest absolute Gasteiger partial charge is 0.383 e. The van der Waals surface area contributed by atoms with E-state index in [2.05, 4.69) is 39.6 Å². The Morgan fingerprint density at radius 3 is 2.19 bits per heavy atom. The Hall–Kier alpha value is -0.120. The molecule has 0 aromatic rings. The summed E-state index contributed by atoms with van der Waals surface area (Å²) in [4.78, 5) is 2.41. The van der Waals surface area contributed by atoms with Crippen LogP contribution < -0.4 is 5.73 Å². The molecule has 0 aromatic heterocycles. The van der Waals surface area contributed by atoms with Crippen LogP contribution in [0.5, 0.6) is 0 Å². The molecule has 0 amide bonds. The van der Waals surface area contributed by atoms with Gasteiger partial charge in [0.15, 0.2) is 0 Å². The van der Waals surface area contributed by atoms with E-state index in [0.29, 0.717) is 25.1 Å². The van der Waals surface area contributed by atoms with Gasteiger partial charge in [0.2, 0.25) is 0 Å². The third kappa shape index (κ3) is 3.44. The van der Waals surface area contributed by atoms with Gasteiger partial charge < -0.3 is 10.5 Å². The Bertz CT molecular complexity index is 185. The highest BCUT2D eigenvalue weighted by molar-refractivity contribution is 4.95. The van der Waals surface area contributed by atoms with Gasteiger partial charge in [-0.1, -0.05) is 27.2 Å². The lowest BCUT2D eigenvalue weighted by Gasteiger charge is -2.47. The van der Waals surface area contributed by atoms with Crippen molar-refractivity contribution in [3.05, 3.63) is 0 Å². The van der Waals surface area contributed by atoms with Crippen LogP contribution in [0.25, 0.3) is 0 Å². The first-order chi connectivity index (χ1) is 7.46. The lowest BCUT2D eigenvalue weighted by atomic mass is 9.84. The molecule has 2 N–H and O–H groups in total. The molecule has 3 heteroatoms. The van der Waals surface area contributed by atoms with Crippen molar-refractivity contribution >= 4 is 0 Å². The summed E-state index contributed by atoms with van der Waals surface area (Å²) < 4.78 is 5.39. The molecule has 0 saturated carbocycles. The van der Waals surface area contributed by atoms with Gasteiger partial charge in [0.25, 0.3) is 0 Å². The van der Waals surface area contributed by atoms with Crippen LogP contribution in [0.4, 0.5) is 0 Å². The van der Waals surface area contributed by atoms with Crippen LogP contribution in [-0.2, 0) is 4.74 Å². The van der Waals surface area contributed by atoms with Gasteiger partial charge in [0, 0.05) is 19.7 Å². The fraction of sp³-hybridized carbons (Fsp3) is 1.00. The molecule has 98 valence electrons. The lowest BCUT2D eigenvalue weighted by molar-refractivity contribution is -0.0224. The first-order valence-corrected chi connectivity index (χ1v) is 6.38. The average molecular weight is 230 g/mol. The third-order valence-corrected chi connectivity index (χ3v) is 3.89. The monoisotopic (exact) mass is 230 g/mol. The number of hydrogen-bond donors (Lipinski definition) is 1. The van der Waals surface area contributed by atoms with Gasteiger partial charge in [0.05, 0.1) is 12.1 Å². The van der Waals surface area contributed by atoms with Gasteiger partial charge >= 0.3 is 0 Å². The van der Waals surface area contributed by atoms with Crippen LogP contribution in [0.2, 0.25) is 0 Å². The number of ether oxygens (including phenoxy) is 1. The molecule has 0 heterocycles. The highest BCUT2D eigenvalue weighted by Crippen LogP contribution is 2.26. The van der Waals surface area contributed by atoms with Crippen LogP contribution in [0.3, 0.4) is 0 Å². The van der Waals surface area contributed by atoms with Crippen molar-refractivity contribution < 1.29 is 4.74 Å².